The van der Waals surface area contributed by atoms with Crippen molar-refractivity contribution in [1.29, 1.82) is 0 Å². The standard InChI is InChI=1S/C63H72F2N6O14/c1-32-25-67(19-20-69(32)60(79)85-31-84-59(78)42-28-71(36-11-12-36)51-40(55(42)76)23-45(65)53(57(51)82-5)68-26-33-7-6-18-66-46(33)29-68)52-44(64)22-39-50(56(52)81-4)70(35-9-10-35)27-41(54(39)75)58(77)83-30-48(74)63(80)17-15-43-38-13-8-34-21-37(72)14-16-61(34,2)49(38)47(73)24-62(43,63)3/h14,16,21-23,27-28,32-33,35-36,38,43,46-47,49,66,73,80H,6-13,15,17-20,24-26,29-31H2,1-5H3/t32?,33?,38-,43-,46?,47-,49+,61-,62-,63-/m1/s1. The number of piperazine rings is 1. The zero-order valence-electron chi connectivity index (χ0n) is 48.5. The van der Waals surface area contributed by atoms with Crippen LogP contribution in [0.25, 0.3) is 21.8 Å². The first-order valence-corrected chi connectivity index (χ1v) is 30.0. The van der Waals surface area contributed by atoms with Crippen molar-refractivity contribution >= 4 is 62.8 Å². The number of aliphatic hydroxyl groups excluding tert-OH is 1. The monoisotopic (exact) mass is 1170 g/mol. The summed E-state index contributed by atoms with van der Waals surface area (Å²) in [6.45, 7) is 6.18. The molecule has 0 radical (unpaired) electrons. The van der Waals surface area contributed by atoms with Crippen LogP contribution in [0.1, 0.15) is 124 Å². The summed E-state index contributed by atoms with van der Waals surface area (Å²) in [6.07, 6.45) is 13.1. The first-order valence-electron chi connectivity index (χ1n) is 30.0. The number of aliphatic hydroxyl groups is 2. The Morgan fingerprint density at radius 3 is 2.00 bits per heavy atom. The number of pyridine rings is 2. The van der Waals surface area contributed by atoms with Gasteiger partial charge in [0.2, 0.25) is 23.4 Å². The molecule has 13 rings (SSSR count). The second-order valence-electron chi connectivity index (χ2n) is 25.7. The van der Waals surface area contributed by atoms with Crippen molar-refractivity contribution in [2.24, 2.45) is 34.5 Å². The normalized spacial score (nSPS) is 30.6. The summed E-state index contributed by atoms with van der Waals surface area (Å²) in [5.74, 6) is -4.29. The predicted molar refractivity (Wildman–Crippen MR) is 306 cm³/mol. The number of esters is 2. The number of hydrogen-bond donors (Lipinski definition) is 3. The molecule has 1 amide bonds. The number of hydrogen-bond acceptors (Lipinski definition) is 17. The van der Waals surface area contributed by atoms with E-state index in [9.17, 15) is 43.8 Å². The number of ketones is 2. The third kappa shape index (κ3) is 9.15. The Labute approximate surface area is 488 Å². The molecule has 0 bridgehead atoms. The number of allylic oxidation sites excluding steroid dienone is 4. The summed E-state index contributed by atoms with van der Waals surface area (Å²) in [5.41, 5.74) is -4.04. The molecule has 22 heteroatoms. The van der Waals surface area contributed by atoms with Crippen LogP contribution >= 0.6 is 0 Å². The van der Waals surface area contributed by atoms with Crippen LogP contribution in [0.15, 0.2) is 57.9 Å². The Bertz CT molecular complexity index is 3690. The van der Waals surface area contributed by atoms with Crippen molar-refractivity contribution in [1.82, 2.24) is 19.4 Å². The van der Waals surface area contributed by atoms with Gasteiger partial charge in [0.25, 0.3) is 0 Å². The molecular formula is C63H72F2N6O14. The fourth-order valence-electron chi connectivity index (χ4n) is 16.5. The van der Waals surface area contributed by atoms with Crippen molar-refractivity contribution in [2.75, 3.05) is 76.7 Å². The third-order valence-electron chi connectivity index (χ3n) is 21.0. The Morgan fingerprint density at radius 1 is 0.776 bits per heavy atom. The molecule has 452 valence electrons. The molecule has 20 nitrogen and oxygen atoms in total. The number of benzene rings is 2. The molecule has 0 spiro atoms. The van der Waals surface area contributed by atoms with Gasteiger partial charge in [0, 0.05) is 86.0 Å². The molecule has 4 aromatic rings. The first kappa shape index (κ1) is 56.9. The van der Waals surface area contributed by atoms with E-state index in [1.54, 1.807) is 33.1 Å². The second-order valence-corrected chi connectivity index (χ2v) is 25.7. The number of nitrogens with zero attached hydrogens (tertiary/aromatic N) is 5. The van der Waals surface area contributed by atoms with Gasteiger partial charge in [0.05, 0.1) is 42.1 Å². The highest BCUT2D eigenvalue weighted by Crippen LogP contribution is 2.67. The number of anilines is 2. The Kier molecular flexibility index (Phi) is 14.1. The van der Waals surface area contributed by atoms with Crippen LogP contribution in [0.3, 0.4) is 0 Å². The Hall–Kier alpha value is -7.17. The van der Waals surface area contributed by atoms with Gasteiger partial charge in [-0.2, -0.15) is 0 Å². The van der Waals surface area contributed by atoms with Crippen LogP contribution in [0, 0.1) is 46.1 Å². The minimum Gasteiger partial charge on any atom is -0.492 e. The lowest BCUT2D eigenvalue weighted by molar-refractivity contribution is -0.178. The van der Waals surface area contributed by atoms with Gasteiger partial charge in [-0.3, -0.25) is 19.2 Å². The maximum absolute atomic E-state index is 16.7. The number of piperidine rings is 1. The number of aromatic nitrogens is 2. The van der Waals surface area contributed by atoms with E-state index in [1.165, 1.54) is 31.5 Å². The lowest BCUT2D eigenvalue weighted by atomic mass is 9.46. The summed E-state index contributed by atoms with van der Waals surface area (Å²) >= 11 is 0. The van der Waals surface area contributed by atoms with E-state index >= 15 is 8.78 Å². The average molecular weight is 1180 g/mol. The van der Waals surface area contributed by atoms with Crippen LogP contribution in [0.2, 0.25) is 0 Å². The van der Waals surface area contributed by atoms with Gasteiger partial charge in [-0.1, -0.05) is 25.5 Å². The van der Waals surface area contributed by atoms with Gasteiger partial charge in [-0.25, -0.2) is 23.2 Å². The number of carbonyl (C=O) groups is 5. The van der Waals surface area contributed by atoms with Crippen molar-refractivity contribution in [3.05, 3.63) is 91.5 Å². The van der Waals surface area contributed by atoms with E-state index in [2.05, 4.69) is 5.32 Å². The largest absolute Gasteiger partial charge is 0.492 e. The van der Waals surface area contributed by atoms with Crippen LogP contribution in [-0.4, -0.2) is 145 Å². The van der Waals surface area contributed by atoms with Gasteiger partial charge in [0.15, 0.2) is 35.5 Å². The quantitative estimate of drug-likeness (QED) is 0.0936. The molecule has 2 aromatic heterocycles. The molecule has 3 unspecified atom stereocenters. The summed E-state index contributed by atoms with van der Waals surface area (Å²) < 4.78 is 64.6. The van der Waals surface area contributed by atoms with Gasteiger partial charge in [-0.05, 0) is 126 Å². The number of nitrogens with one attached hydrogen (secondary N) is 1. The lowest BCUT2D eigenvalue weighted by Crippen LogP contribution is -2.61. The molecule has 3 saturated heterocycles. The number of rotatable bonds is 13. The van der Waals surface area contributed by atoms with E-state index in [1.807, 2.05) is 24.8 Å². The highest BCUT2D eigenvalue weighted by atomic mass is 19.1. The molecule has 6 aliphatic carbocycles. The maximum atomic E-state index is 16.7. The number of ether oxygens (including phenoxy) is 5. The van der Waals surface area contributed by atoms with Gasteiger partial charge < -0.3 is 63.0 Å². The first-order chi connectivity index (χ1) is 40.7. The van der Waals surface area contributed by atoms with E-state index in [4.69, 9.17) is 23.7 Å². The smallest absolute Gasteiger partial charge is 0.413 e. The summed E-state index contributed by atoms with van der Waals surface area (Å²) in [4.78, 5) is 101. The topological polar surface area (TPSA) is 238 Å². The molecule has 3 aliphatic heterocycles. The summed E-state index contributed by atoms with van der Waals surface area (Å²) in [6, 6.07) is 1.55. The number of carbonyl (C=O) groups excluding carboxylic acids is 5. The minimum absolute atomic E-state index is 0.0180. The fourth-order valence-corrected chi connectivity index (χ4v) is 16.5. The number of halogens is 2. The van der Waals surface area contributed by atoms with Crippen molar-refractivity contribution in [3.8, 4) is 11.5 Å². The second kappa shape index (κ2) is 21.1. The van der Waals surface area contributed by atoms with Crippen molar-refractivity contribution in [3.63, 3.8) is 0 Å². The SMILES string of the molecule is COc1c(N2CC3CCCNC3C2)c(F)cc2c(=O)c(C(=O)OCOC(=O)N3CCN(c4c(F)cc5c(=O)c(C(=O)OCC(=O)[C@]6(O)CC[C@@H]7[C@H]8CCC9=CC(=O)C=C[C@@]9(C)[C@@H]8[C@H](O)C[C@]76C)cn(C6CC6)c5c4OC)CC3C)cn(C3CC3)c12. The molecule has 8 fully saturated rings. The van der Waals surface area contributed by atoms with Crippen LogP contribution in [0.4, 0.5) is 25.0 Å². The Balaban J connectivity index is 0.673. The van der Waals surface area contributed by atoms with E-state index in [0.717, 1.165) is 49.9 Å². The Morgan fingerprint density at radius 2 is 1.40 bits per heavy atom. The maximum Gasteiger partial charge on any atom is 0.413 e. The van der Waals surface area contributed by atoms with Crippen LogP contribution < -0.4 is 35.4 Å². The van der Waals surface area contributed by atoms with E-state index < -0.39 is 93.8 Å². The molecule has 5 heterocycles. The highest BCUT2D eigenvalue weighted by Gasteiger charge is 2.68. The van der Waals surface area contributed by atoms with Gasteiger partial charge in [0.1, 0.15) is 28.1 Å². The zero-order chi connectivity index (χ0) is 59.8. The lowest BCUT2D eigenvalue weighted by Gasteiger charge is -2.59. The molecular weight excluding hydrogens is 1100 g/mol. The molecule has 9 aliphatic rings. The number of Topliss-reactive ketones (excluding diaryl/α,β-unsaturated/α-hetero) is 1. The number of amides is 1. The fraction of sp³-hybridized carbons (Fsp3) is 0.571. The minimum atomic E-state index is -1.94. The molecule has 10 atom stereocenters. The molecule has 5 saturated carbocycles. The number of methoxy groups -OCH3 is 2. The average Bonchev–Trinajstić information content (AvgIpc) is 1.78. The van der Waals surface area contributed by atoms with Gasteiger partial charge in [-0.15, -0.1) is 0 Å². The van der Waals surface area contributed by atoms with Crippen LogP contribution in [-0.2, 0) is 23.8 Å². The third-order valence-corrected chi connectivity index (χ3v) is 21.0. The van der Waals surface area contributed by atoms with Crippen LogP contribution in [0.5, 0.6) is 11.5 Å². The van der Waals surface area contributed by atoms with Gasteiger partial charge >= 0.3 is 18.0 Å². The number of fused-ring (bicyclic) bond motifs is 8. The van der Waals surface area contributed by atoms with E-state index in [0.29, 0.717) is 56.6 Å². The predicted octanol–water partition coefficient (Wildman–Crippen LogP) is 6.67. The molecule has 3 N–H and O–H groups in total. The van der Waals surface area contributed by atoms with E-state index in [-0.39, 0.29) is 119 Å². The highest BCUT2D eigenvalue weighted by molar-refractivity contribution is 6.02. The van der Waals surface area contributed by atoms with Crippen molar-refractivity contribution < 1.29 is 66.7 Å². The summed E-state index contributed by atoms with van der Waals surface area (Å²) in [7, 11) is 2.79. The molecule has 85 heavy (non-hydrogen) atoms. The summed E-state index contributed by atoms with van der Waals surface area (Å²) in [5, 5.41) is 27.5. The van der Waals surface area contributed by atoms with Crippen molar-refractivity contribution in [2.45, 2.75) is 127 Å². The molecule has 2 aromatic carbocycles. The zero-order valence-corrected chi connectivity index (χ0v) is 48.5.